The lowest BCUT2D eigenvalue weighted by molar-refractivity contribution is 0.407. The zero-order valence-corrected chi connectivity index (χ0v) is 8.14. The standard InChI is InChI=1S/C10H9N3O2/c1-15-9-5-4-8(10(14)7-9)3-2-6-12-13-11/h4-5,7,14H,6H2,1H3. The van der Waals surface area contributed by atoms with Gasteiger partial charge in [-0.3, -0.25) is 0 Å². The number of ether oxygens (including phenoxy) is 1. The molecule has 1 aromatic carbocycles. The first-order valence-electron chi connectivity index (χ1n) is 4.14. The summed E-state index contributed by atoms with van der Waals surface area (Å²) in [5.74, 6) is 5.90. The van der Waals surface area contributed by atoms with Crippen molar-refractivity contribution < 1.29 is 9.84 Å². The lowest BCUT2D eigenvalue weighted by atomic mass is 10.2. The number of phenolic OH excluding ortho intramolecular Hbond substituents is 1. The van der Waals surface area contributed by atoms with Crippen LogP contribution in [0.1, 0.15) is 5.56 Å². The van der Waals surface area contributed by atoms with Crippen molar-refractivity contribution in [2.45, 2.75) is 0 Å². The number of rotatable bonds is 2. The molecule has 5 nitrogen and oxygen atoms in total. The molecular weight excluding hydrogens is 194 g/mol. The first-order chi connectivity index (χ1) is 7.27. The molecule has 15 heavy (non-hydrogen) atoms. The van der Waals surface area contributed by atoms with Gasteiger partial charge in [0.05, 0.1) is 19.2 Å². The molecule has 0 spiro atoms. The summed E-state index contributed by atoms with van der Waals surface area (Å²) in [7, 11) is 1.52. The Morgan fingerprint density at radius 2 is 2.40 bits per heavy atom. The first kappa shape index (κ1) is 10.8. The molecule has 0 fully saturated rings. The SMILES string of the molecule is COc1ccc(C#CCN=[N+]=[N-])c(O)c1. The Morgan fingerprint density at radius 3 is 3.00 bits per heavy atom. The zero-order valence-electron chi connectivity index (χ0n) is 8.14. The molecule has 1 N–H and O–H groups in total. The van der Waals surface area contributed by atoms with E-state index >= 15 is 0 Å². The number of hydrogen-bond donors (Lipinski definition) is 1. The van der Waals surface area contributed by atoms with E-state index in [4.69, 9.17) is 10.3 Å². The summed E-state index contributed by atoms with van der Waals surface area (Å²) < 4.78 is 4.92. The third-order valence-corrected chi connectivity index (χ3v) is 1.64. The average molecular weight is 203 g/mol. The molecule has 1 aromatic rings. The molecule has 0 bridgehead atoms. The molecule has 0 saturated carbocycles. The van der Waals surface area contributed by atoms with Gasteiger partial charge in [-0.25, -0.2) is 0 Å². The molecule has 0 aliphatic carbocycles. The van der Waals surface area contributed by atoms with Gasteiger partial charge in [-0.05, 0) is 17.7 Å². The summed E-state index contributed by atoms with van der Waals surface area (Å²) in [5.41, 5.74) is 8.49. The minimum atomic E-state index is 0.0442. The van der Waals surface area contributed by atoms with Gasteiger partial charge < -0.3 is 9.84 Å². The molecule has 0 amide bonds. The molecular formula is C10H9N3O2. The number of azide groups is 1. The molecule has 0 aliphatic heterocycles. The highest BCUT2D eigenvalue weighted by molar-refractivity contribution is 5.49. The van der Waals surface area contributed by atoms with Gasteiger partial charge in [0.15, 0.2) is 0 Å². The van der Waals surface area contributed by atoms with Crippen LogP contribution < -0.4 is 4.74 Å². The van der Waals surface area contributed by atoms with Gasteiger partial charge in [0, 0.05) is 11.0 Å². The van der Waals surface area contributed by atoms with E-state index in [0.29, 0.717) is 11.3 Å². The van der Waals surface area contributed by atoms with Crippen LogP contribution in [0.25, 0.3) is 10.4 Å². The van der Waals surface area contributed by atoms with Gasteiger partial charge in [0.2, 0.25) is 0 Å². The summed E-state index contributed by atoms with van der Waals surface area (Å²) in [4.78, 5) is 2.56. The molecule has 0 aromatic heterocycles. The molecule has 0 unspecified atom stereocenters. The number of methoxy groups -OCH3 is 1. The number of hydrogen-bond acceptors (Lipinski definition) is 3. The lowest BCUT2D eigenvalue weighted by Crippen LogP contribution is -1.83. The van der Waals surface area contributed by atoms with Crippen molar-refractivity contribution in [2.24, 2.45) is 5.11 Å². The second kappa shape index (κ2) is 5.43. The molecule has 0 atom stereocenters. The third-order valence-electron chi connectivity index (χ3n) is 1.64. The van der Waals surface area contributed by atoms with E-state index in [0.717, 1.165) is 0 Å². The fraction of sp³-hybridized carbons (Fsp3) is 0.200. The Hall–Kier alpha value is -2.31. The summed E-state index contributed by atoms with van der Waals surface area (Å²) >= 11 is 0. The van der Waals surface area contributed by atoms with Crippen molar-refractivity contribution in [1.29, 1.82) is 0 Å². The van der Waals surface area contributed by atoms with Crippen LogP contribution in [0.3, 0.4) is 0 Å². The maximum Gasteiger partial charge on any atom is 0.134 e. The second-order valence-electron chi connectivity index (χ2n) is 2.57. The zero-order chi connectivity index (χ0) is 11.1. The van der Waals surface area contributed by atoms with Crippen LogP contribution in [0.4, 0.5) is 0 Å². The van der Waals surface area contributed by atoms with E-state index < -0.39 is 0 Å². The molecule has 0 aliphatic rings. The predicted octanol–water partition coefficient (Wildman–Crippen LogP) is 2.06. The minimum absolute atomic E-state index is 0.0442. The predicted molar refractivity (Wildman–Crippen MR) is 55.5 cm³/mol. The molecule has 0 saturated heterocycles. The Balaban J connectivity index is 2.85. The Labute approximate surface area is 86.9 Å². The van der Waals surface area contributed by atoms with E-state index in [2.05, 4.69) is 21.9 Å². The van der Waals surface area contributed by atoms with Crippen LogP contribution in [0.15, 0.2) is 23.3 Å². The number of benzene rings is 1. The van der Waals surface area contributed by atoms with E-state index in [1.165, 1.54) is 13.2 Å². The minimum Gasteiger partial charge on any atom is -0.507 e. The van der Waals surface area contributed by atoms with Crippen LogP contribution in [0.5, 0.6) is 11.5 Å². The van der Waals surface area contributed by atoms with Crippen LogP contribution >= 0.6 is 0 Å². The molecule has 5 heteroatoms. The smallest absolute Gasteiger partial charge is 0.134 e. The van der Waals surface area contributed by atoms with Gasteiger partial charge >= 0.3 is 0 Å². The van der Waals surface area contributed by atoms with E-state index in [-0.39, 0.29) is 12.3 Å². The Kier molecular flexibility index (Phi) is 3.90. The number of nitrogens with zero attached hydrogens (tertiary/aromatic N) is 3. The van der Waals surface area contributed by atoms with Gasteiger partial charge in [0.25, 0.3) is 0 Å². The lowest BCUT2D eigenvalue weighted by Gasteiger charge is -2.01. The average Bonchev–Trinajstić information content (AvgIpc) is 2.26. The van der Waals surface area contributed by atoms with Crippen molar-refractivity contribution in [2.75, 3.05) is 13.7 Å². The van der Waals surface area contributed by atoms with Crippen molar-refractivity contribution in [3.8, 4) is 23.3 Å². The quantitative estimate of drug-likeness (QED) is 0.345. The van der Waals surface area contributed by atoms with Crippen molar-refractivity contribution >= 4 is 0 Å². The van der Waals surface area contributed by atoms with Crippen LogP contribution in [-0.2, 0) is 0 Å². The fourth-order valence-electron chi connectivity index (χ4n) is 0.946. The molecule has 0 heterocycles. The topological polar surface area (TPSA) is 78.2 Å². The second-order valence-corrected chi connectivity index (χ2v) is 2.57. The normalized spacial score (nSPS) is 8.33. The summed E-state index contributed by atoms with van der Waals surface area (Å²) in [6.07, 6.45) is 0. The number of phenols is 1. The van der Waals surface area contributed by atoms with Crippen molar-refractivity contribution in [3.05, 3.63) is 34.2 Å². The third kappa shape index (κ3) is 3.14. The summed E-state index contributed by atoms with van der Waals surface area (Å²) in [6.45, 7) is 0.0853. The fourth-order valence-corrected chi connectivity index (χ4v) is 0.946. The van der Waals surface area contributed by atoms with E-state index in [9.17, 15) is 5.11 Å². The molecule has 76 valence electrons. The van der Waals surface area contributed by atoms with Gasteiger partial charge in [-0.15, -0.1) is 0 Å². The van der Waals surface area contributed by atoms with Crippen LogP contribution in [0.2, 0.25) is 0 Å². The van der Waals surface area contributed by atoms with Crippen LogP contribution in [-0.4, -0.2) is 18.8 Å². The van der Waals surface area contributed by atoms with E-state index in [1.807, 2.05) is 0 Å². The Bertz CT molecular complexity index is 453. The van der Waals surface area contributed by atoms with Gasteiger partial charge in [-0.1, -0.05) is 17.0 Å². The molecule has 1 rings (SSSR count). The van der Waals surface area contributed by atoms with Gasteiger partial charge in [0.1, 0.15) is 11.5 Å². The molecule has 0 radical (unpaired) electrons. The van der Waals surface area contributed by atoms with Gasteiger partial charge in [-0.2, -0.15) is 0 Å². The van der Waals surface area contributed by atoms with Crippen LogP contribution in [0, 0.1) is 11.8 Å². The highest BCUT2D eigenvalue weighted by Gasteiger charge is 1.98. The number of aromatic hydroxyl groups is 1. The highest BCUT2D eigenvalue weighted by atomic mass is 16.5. The van der Waals surface area contributed by atoms with Crippen molar-refractivity contribution in [3.63, 3.8) is 0 Å². The van der Waals surface area contributed by atoms with E-state index in [1.54, 1.807) is 12.1 Å². The summed E-state index contributed by atoms with van der Waals surface area (Å²) in [6, 6.07) is 4.80. The van der Waals surface area contributed by atoms with Crippen molar-refractivity contribution in [1.82, 2.24) is 0 Å². The largest absolute Gasteiger partial charge is 0.507 e. The maximum absolute atomic E-state index is 9.49. The highest BCUT2D eigenvalue weighted by Crippen LogP contribution is 2.22. The Morgan fingerprint density at radius 1 is 1.60 bits per heavy atom. The maximum atomic E-state index is 9.49. The first-order valence-corrected chi connectivity index (χ1v) is 4.14. The monoisotopic (exact) mass is 203 g/mol. The summed E-state index contributed by atoms with van der Waals surface area (Å²) in [5, 5.41) is 12.7.